The number of ether oxygens (including phenoxy) is 5. The van der Waals surface area contributed by atoms with E-state index in [1.165, 1.54) is 5.57 Å². The maximum absolute atomic E-state index is 14.3. The van der Waals surface area contributed by atoms with Gasteiger partial charge in [-0.1, -0.05) is 114 Å². The van der Waals surface area contributed by atoms with E-state index in [4.69, 9.17) is 28.1 Å². The maximum atomic E-state index is 14.3. The molecule has 3 aliphatic rings. The van der Waals surface area contributed by atoms with Gasteiger partial charge < -0.3 is 33.2 Å². The van der Waals surface area contributed by atoms with Gasteiger partial charge in [0, 0.05) is 31.1 Å². The van der Waals surface area contributed by atoms with Crippen LogP contribution in [0.3, 0.4) is 0 Å². The number of benzene rings is 2. The van der Waals surface area contributed by atoms with Crippen LogP contribution in [0.25, 0.3) is 0 Å². The monoisotopic (exact) mass is 708 g/mol. The number of rotatable bonds is 12. The van der Waals surface area contributed by atoms with Crippen LogP contribution < -0.4 is 0 Å². The maximum Gasteiger partial charge on any atom is 0.191 e. The fourth-order valence-electron chi connectivity index (χ4n) is 7.85. The van der Waals surface area contributed by atoms with Gasteiger partial charge >= 0.3 is 0 Å². The Labute approximate surface area is 301 Å². The lowest BCUT2D eigenvalue weighted by molar-refractivity contribution is -0.324. The fraction of sp³-hybridized carbons (Fsp3) is 0.634. The van der Waals surface area contributed by atoms with E-state index in [1.54, 1.807) is 7.11 Å². The largest absolute Gasteiger partial charge is 0.417 e. The number of aliphatic hydroxyl groups excluding tert-OH is 1. The number of allylic oxidation sites excluding steroid dienone is 1. The molecule has 2 aliphatic carbocycles. The Bertz CT molecular complexity index is 1440. The summed E-state index contributed by atoms with van der Waals surface area (Å²) >= 11 is 0. The van der Waals surface area contributed by atoms with Crippen molar-refractivity contribution in [2.75, 3.05) is 27.1 Å². The summed E-state index contributed by atoms with van der Waals surface area (Å²) in [4.78, 5) is 14.3. The van der Waals surface area contributed by atoms with E-state index in [1.807, 2.05) is 67.6 Å². The van der Waals surface area contributed by atoms with Gasteiger partial charge in [0.05, 0.1) is 19.3 Å². The van der Waals surface area contributed by atoms with Crippen molar-refractivity contribution in [1.82, 2.24) is 0 Å². The molecule has 0 amide bonds. The molecule has 1 saturated carbocycles. The van der Waals surface area contributed by atoms with Crippen molar-refractivity contribution < 1.29 is 38.0 Å². The van der Waals surface area contributed by atoms with E-state index in [0.29, 0.717) is 19.6 Å². The van der Waals surface area contributed by atoms with Crippen molar-refractivity contribution in [3.05, 3.63) is 83.4 Å². The number of carbonyl (C=O) groups is 1. The van der Waals surface area contributed by atoms with Crippen molar-refractivity contribution in [2.45, 2.75) is 116 Å². The van der Waals surface area contributed by atoms with Crippen LogP contribution in [0, 0.1) is 23.2 Å². The highest BCUT2D eigenvalue weighted by molar-refractivity contribution is 6.74. The highest BCUT2D eigenvalue weighted by Crippen LogP contribution is 2.54. The Morgan fingerprint density at radius 3 is 2.32 bits per heavy atom. The summed E-state index contributed by atoms with van der Waals surface area (Å²) in [5.74, 6) is -1.40. The minimum atomic E-state index is -2.08. The highest BCUT2D eigenvalue weighted by Gasteiger charge is 2.57. The molecule has 2 aromatic rings. The highest BCUT2D eigenvalue weighted by atomic mass is 28.4. The van der Waals surface area contributed by atoms with Gasteiger partial charge in [-0.15, -0.1) is 0 Å². The summed E-state index contributed by atoms with van der Waals surface area (Å²) in [6.45, 7) is 18.6. The van der Waals surface area contributed by atoms with Gasteiger partial charge in [0.25, 0.3) is 0 Å². The third kappa shape index (κ3) is 8.05. The van der Waals surface area contributed by atoms with Crippen molar-refractivity contribution in [2.24, 2.45) is 23.2 Å². The first-order valence-corrected chi connectivity index (χ1v) is 21.2. The molecule has 1 heterocycles. The fourth-order valence-corrected chi connectivity index (χ4v) is 8.91. The molecule has 276 valence electrons. The van der Waals surface area contributed by atoms with Crippen LogP contribution >= 0.6 is 0 Å². The summed E-state index contributed by atoms with van der Waals surface area (Å²) in [6, 6.07) is 20.1. The van der Waals surface area contributed by atoms with E-state index in [9.17, 15) is 9.90 Å². The number of hydrogen-bond donors (Lipinski definition) is 1. The molecule has 1 aliphatic heterocycles. The zero-order valence-corrected chi connectivity index (χ0v) is 32.6. The van der Waals surface area contributed by atoms with Gasteiger partial charge in [-0.3, -0.25) is 4.79 Å². The second kappa shape index (κ2) is 15.8. The normalized spacial score (nSPS) is 32.9. The molecule has 0 spiro atoms. The summed E-state index contributed by atoms with van der Waals surface area (Å²) in [5, 5.41) is 12.0. The van der Waals surface area contributed by atoms with Gasteiger partial charge in [0.1, 0.15) is 24.6 Å². The lowest BCUT2D eigenvalue weighted by Gasteiger charge is -2.52. The molecular formula is C41H60O8Si. The molecular weight excluding hydrogens is 649 g/mol. The van der Waals surface area contributed by atoms with E-state index in [2.05, 4.69) is 53.8 Å². The van der Waals surface area contributed by atoms with Crippen LogP contribution in [0.4, 0.5) is 0 Å². The Morgan fingerprint density at radius 2 is 1.68 bits per heavy atom. The van der Waals surface area contributed by atoms with Gasteiger partial charge in [-0.2, -0.15) is 0 Å². The van der Waals surface area contributed by atoms with E-state index in [0.717, 1.165) is 24.0 Å². The third-order valence-corrected chi connectivity index (χ3v) is 16.7. The Kier molecular flexibility index (Phi) is 12.3. The first-order valence-electron chi connectivity index (χ1n) is 18.3. The Balaban J connectivity index is 1.62. The molecule has 8 atom stereocenters. The molecule has 0 aromatic heterocycles. The first-order chi connectivity index (χ1) is 23.6. The average Bonchev–Trinajstić information content (AvgIpc) is 3.39. The summed E-state index contributed by atoms with van der Waals surface area (Å²) in [7, 11) is -0.530. The molecule has 0 radical (unpaired) electrons. The van der Waals surface area contributed by atoms with Crippen molar-refractivity contribution in [3.63, 3.8) is 0 Å². The van der Waals surface area contributed by atoms with E-state index >= 15 is 0 Å². The van der Waals surface area contributed by atoms with E-state index < -0.39 is 50.4 Å². The molecule has 2 bridgehead atoms. The van der Waals surface area contributed by atoms with Crippen LogP contribution in [-0.4, -0.2) is 70.2 Å². The molecule has 50 heavy (non-hydrogen) atoms. The molecule has 9 heteroatoms. The van der Waals surface area contributed by atoms with Crippen LogP contribution in [-0.2, 0) is 39.5 Å². The molecule has 1 saturated heterocycles. The lowest BCUT2D eigenvalue weighted by atomic mass is 9.70. The summed E-state index contributed by atoms with van der Waals surface area (Å²) in [6.07, 6.45) is 1.26. The number of methoxy groups -OCH3 is 1. The minimum absolute atomic E-state index is 0.0183. The second-order valence-corrected chi connectivity index (χ2v) is 21.4. The number of ketones is 1. The minimum Gasteiger partial charge on any atom is -0.417 e. The van der Waals surface area contributed by atoms with Crippen molar-refractivity contribution in [1.29, 1.82) is 0 Å². The average molecular weight is 709 g/mol. The SMILES string of the molecule is COCO[C@H]1C(=O)C(O)[C@H](C)[C@@H]([C@]2(OCc3ccccc3)CO[C@@H](c3ccccc3)O[C@H]2CCO[Si](C)(C)C(C)(C)C)/C=C2\CC[C@H]1C2(C)C. The smallest absolute Gasteiger partial charge is 0.191 e. The summed E-state index contributed by atoms with van der Waals surface area (Å²) in [5.41, 5.74) is 1.75. The Morgan fingerprint density at radius 1 is 1.02 bits per heavy atom. The van der Waals surface area contributed by atoms with E-state index in [-0.39, 0.29) is 35.6 Å². The van der Waals surface area contributed by atoms with Crippen LogP contribution in [0.5, 0.6) is 0 Å². The number of aliphatic hydroxyl groups is 1. The van der Waals surface area contributed by atoms with Crippen molar-refractivity contribution in [3.8, 4) is 0 Å². The molecule has 8 nitrogen and oxygen atoms in total. The standard InChI is InChI=1S/C41H60O8Si/c1-28-33(24-31-20-21-32(40(31,5)6)37(46-27-44-7)36(43)35(28)42)41(47-25-29-16-12-10-13-17-29)26-45-38(30-18-14-11-15-19-30)49-34(41)22-23-48-50(8,9)39(2,3)4/h10-19,24,28,32-35,37-38,42H,20-23,25-27H2,1-9H3/b31-24+/t28-,32-,33+,34+,35?,37-,38-,41-/m1/s1. The number of fused-ring (bicyclic) bond motifs is 2. The number of hydrogen-bond acceptors (Lipinski definition) is 8. The van der Waals surface area contributed by atoms with Crippen molar-refractivity contribution >= 4 is 14.1 Å². The topological polar surface area (TPSA) is 92.7 Å². The summed E-state index contributed by atoms with van der Waals surface area (Å²) < 4.78 is 38.9. The predicted molar refractivity (Wildman–Crippen MR) is 197 cm³/mol. The molecule has 1 N–H and O–H groups in total. The lowest BCUT2D eigenvalue weighted by Crippen LogP contribution is -2.62. The van der Waals surface area contributed by atoms with Gasteiger partial charge in [0.2, 0.25) is 0 Å². The third-order valence-electron chi connectivity index (χ3n) is 12.2. The second-order valence-electron chi connectivity index (χ2n) is 16.6. The zero-order valence-electron chi connectivity index (χ0n) is 31.6. The zero-order chi connectivity index (χ0) is 36.3. The number of Topliss-reactive ketones (excluding diaryl/α,β-unsaturated/α-hetero) is 1. The quantitative estimate of drug-likeness (QED) is 0.135. The molecule has 2 aromatic carbocycles. The van der Waals surface area contributed by atoms with Crippen LogP contribution in [0.1, 0.15) is 78.2 Å². The molecule has 1 unspecified atom stereocenters. The van der Waals surface area contributed by atoms with Crippen LogP contribution in [0.15, 0.2) is 72.3 Å². The predicted octanol–water partition coefficient (Wildman–Crippen LogP) is 8.02. The Hall–Kier alpha value is -2.21. The van der Waals surface area contributed by atoms with Gasteiger partial charge in [-0.05, 0) is 54.3 Å². The molecule has 5 rings (SSSR count). The van der Waals surface area contributed by atoms with Gasteiger partial charge in [0.15, 0.2) is 20.4 Å². The van der Waals surface area contributed by atoms with Crippen LogP contribution in [0.2, 0.25) is 18.1 Å². The first kappa shape index (κ1) is 39.0. The number of carbonyl (C=O) groups excluding carboxylic acids is 1. The van der Waals surface area contributed by atoms with Gasteiger partial charge in [-0.25, -0.2) is 0 Å². The molecule has 2 fully saturated rings.